The molecule has 0 saturated heterocycles. The van der Waals surface area contributed by atoms with Crippen LogP contribution in [-0.4, -0.2) is 34.8 Å². The van der Waals surface area contributed by atoms with E-state index >= 15 is 0 Å². The predicted octanol–water partition coefficient (Wildman–Crippen LogP) is 4.59. The van der Waals surface area contributed by atoms with Crippen LogP contribution in [0, 0.1) is 5.82 Å². The van der Waals surface area contributed by atoms with Gasteiger partial charge in [0.05, 0.1) is 24.1 Å². The number of hydrogen-bond acceptors (Lipinski definition) is 5. The van der Waals surface area contributed by atoms with Crippen LogP contribution in [0.4, 0.5) is 4.39 Å². The molecule has 0 fully saturated rings. The average molecular weight is 435 g/mol. The SMILES string of the molecule is COCCn1c(SCCCC(=O)c2ccc(F)cc2)nc2cc(Cl)ccc2c1=O. The topological polar surface area (TPSA) is 61.2 Å². The van der Waals surface area contributed by atoms with Crippen molar-refractivity contribution in [1.82, 2.24) is 9.55 Å². The van der Waals surface area contributed by atoms with Crippen LogP contribution in [0.25, 0.3) is 10.9 Å². The number of aromatic nitrogens is 2. The molecule has 0 bridgehead atoms. The van der Waals surface area contributed by atoms with Crippen molar-refractivity contribution in [3.63, 3.8) is 0 Å². The summed E-state index contributed by atoms with van der Waals surface area (Å²) in [5.74, 6) is 0.201. The first-order valence-corrected chi connectivity index (χ1v) is 10.5. The first-order chi connectivity index (χ1) is 14.0. The lowest BCUT2D eigenvalue weighted by atomic mass is 10.1. The van der Waals surface area contributed by atoms with Crippen molar-refractivity contribution in [2.75, 3.05) is 19.5 Å². The zero-order chi connectivity index (χ0) is 20.8. The summed E-state index contributed by atoms with van der Waals surface area (Å²) in [6, 6.07) is 10.5. The van der Waals surface area contributed by atoms with E-state index in [1.165, 1.54) is 36.0 Å². The number of Topliss-reactive ketones (excluding diaryl/α,β-unsaturated/α-hetero) is 1. The van der Waals surface area contributed by atoms with Crippen molar-refractivity contribution in [3.05, 3.63) is 69.2 Å². The van der Waals surface area contributed by atoms with Crippen LogP contribution < -0.4 is 5.56 Å². The van der Waals surface area contributed by atoms with E-state index in [-0.39, 0.29) is 17.2 Å². The second-order valence-electron chi connectivity index (χ2n) is 6.39. The van der Waals surface area contributed by atoms with Crippen LogP contribution in [0.15, 0.2) is 52.4 Å². The van der Waals surface area contributed by atoms with Gasteiger partial charge in [-0.3, -0.25) is 14.2 Å². The lowest BCUT2D eigenvalue weighted by Crippen LogP contribution is -2.25. The van der Waals surface area contributed by atoms with Gasteiger partial charge in [-0.25, -0.2) is 9.37 Å². The molecular weight excluding hydrogens is 415 g/mol. The summed E-state index contributed by atoms with van der Waals surface area (Å²) < 4.78 is 19.7. The highest BCUT2D eigenvalue weighted by Gasteiger charge is 2.13. The van der Waals surface area contributed by atoms with E-state index in [9.17, 15) is 14.0 Å². The number of hydrogen-bond donors (Lipinski definition) is 0. The Bertz CT molecular complexity index is 1070. The summed E-state index contributed by atoms with van der Waals surface area (Å²) in [5.41, 5.74) is 0.890. The number of carbonyl (C=O) groups excluding carboxylic acids is 1. The maximum absolute atomic E-state index is 13.0. The zero-order valence-corrected chi connectivity index (χ0v) is 17.4. The Hall–Kier alpha value is -2.22. The Balaban J connectivity index is 1.71. The van der Waals surface area contributed by atoms with Crippen LogP contribution in [-0.2, 0) is 11.3 Å². The number of ether oxygens (including phenoxy) is 1. The molecule has 1 aromatic heterocycles. The third-order valence-corrected chi connectivity index (χ3v) is 5.64. The first-order valence-electron chi connectivity index (χ1n) is 9.10. The van der Waals surface area contributed by atoms with Crippen molar-refractivity contribution in [3.8, 4) is 0 Å². The summed E-state index contributed by atoms with van der Waals surface area (Å²) in [5, 5.41) is 1.58. The molecular formula is C21H20ClFN2O3S. The van der Waals surface area contributed by atoms with Crippen molar-refractivity contribution in [2.45, 2.75) is 24.5 Å². The van der Waals surface area contributed by atoms with Crippen molar-refractivity contribution >= 4 is 40.0 Å². The summed E-state index contributed by atoms with van der Waals surface area (Å²) in [6.45, 7) is 0.773. The molecule has 2 aromatic carbocycles. The monoisotopic (exact) mass is 434 g/mol. The quantitative estimate of drug-likeness (QED) is 0.213. The zero-order valence-electron chi connectivity index (χ0n) is 15.9. The van der Waals surface area contributed by atoms with E-state index in [4.69, 9.17) is 16.3 Å². The normalized spacial score (nSPS) is 11.1. The predicted molar refractivity (Wildman–Crippen MR) is 114 cm³/mol. The summed E-state index contributed by atoms with van der Waals surface area (Å²) >= 11 is 7.45. The Labute approximate surface area is 176 Å². The Morgan fingerprint density at radius 1 is 1.24 bits per heavy atom. The van der Waals surface area contributed by atoms with Crippen molar-refractivity contribution < 1.29 is 13.9 Å². The maximum Gasteiger partial charge on any atom is 0.262 e. The third kappa shape index (κ3) is 5.44. The highest BCUT2D eigenvalue weighted by molar-refractivity contribution is 7.99. The fraction of sp³-hybridized carbons (Fsp3) is 0.286. The molecule has 0 spiro atoms. The third-order valence-electron chi connectivity index (χ3n) is 4.35. The second-order valence-corrected chi connectivity index (χ2v) is 7.89. The van der Waals surface area contributed by atoms with Gasteiger partial charge in [-0.2, -0.15) is 0 Å². The Morgan fingerprint density at radius 2 is 2.00 bits per heavy atom. The molecule has 0 aliphatic rings. The molecule has 3 aromatic rings. The maximum atomic E-state index is 13.0. The van der Waals surface area contributed by atoms with Gasteiger partial charge in [-0.15, -0.1) is 0 Å². The minimum atomic E-state index is -0.367. The molecule has 0 unspecified atom stereocenters. The van der Waals surface area contributed by atoms with E-state index in [0.717, 1.165) is 0 Å². The number of nitrogens with zero attached hydrogens (tertiary/aromatic N) is 2. The molecule has 0 radical (unpaired) electrons. The van der Waals surface area contributed by atoms with E-state index in [0.29, 0.717) is 58.4 Å². The molecule has 0 amide bonds. The van der Waals surface area contributed by atoms with Gasteiger partial charge in [-0.05, 0) is 48.9 Å². The molecule has 0 aliphatic heterocycles. The number of ketones is 1. The molecule has 0 aliphatic carbocycles. The highest BCUT2D eigenvalue weighted by atomic mass is 35.5. The molecule has 0 atom stereocenters. The van der Waals surface area contributed by atoms with Gasteiger partial charge in [0.25, 0.3) is 5.56 Å². The fourth-order valence-electron chi connectivity index (χ4n) is 2.84. The smallest absolute Gasteiger partial charge is 0.262 e. The minimum Gasteiger partial charge on any atom is -0.383 e. The summed E-state index contributed by atoms with van der Waals surface area (Å²) in [7, 11) is 1.58. The standard InChI is InChI=1S/C21H20ClFN2O3S/c1-28-11-10-25-20(27)17-9-6-15(22)13-18(17)24-21(25)29-12-2-3-19(26)14-4-7-16(23)8-5-14/h4-9,13H,2-3,10-12H2,1H3. The highest BCUT2D eigenvalue weighted by Crippen LogP contribution is 2.22. The van der Waals surface area contributed by atoms with Gasteiger partial charge in [0.15, 0.2) is 10.9 Å². The van der Waals surface area contributed by atoms with Crippen LogP contribution in [0.1, 0.15) is 23.2 Å². The van der Waals surface area contributed by atoms with Gasteiger partial charge in [0, 0.05) is 29.9 Å². The molecule has 8 heteroatoms. The van der Waals surface area contributed by atoms with Crippen LogP contribution in [0.3, 0.4) is 0 Å². The number of benzene rings is 2. The van der Waals surface area contributed by atoms with Gasteiger partial charge < -0.3 is 4.74 Å². The summed E-state index contributed by atoms with van der Waals surface area (Å²) in [6.07, 6.45) is 0.939. The van der Waals surface area contributed by atoms with Gasteiger partial charge >= 0.3 is 0 Å². The molecule has 0 N–H and O–H groups in total. The van der Waals surface area contributed by atoms with Crippen LogP contribution in [0.5, 0.6) is 0 Å². The van der Waals surface area contributed by atoms with Crippen LogP contribution >= 0.6 is 23.4 Å². The second kappa shape index (κ2) is 10.0. The van der Waals surface area contributed by atoms with Crippen molar-refractivity contribution in [2.24, 2.45) is 0 Å². The molecule has 1 heterocycles. The lowest BCUT2D eigenvalue weighted by Gasteiger charge is -2.13. The van der Waals surface area contributed by atoms with E-state index in [1.54, 1.807) is 29.9 Å². The Morgan fingerprint density at radius 3 is 2.72 bits per heavy atom. The van der Waals surface area contributed by atoms with E-state index in [1.807, 2.05) is 0 Å². The van der Waals surface area contributed by atoms with Gasteiger partial charge in [0.1, 0.15) is 5.82 Å². The largest absolute Gasteiger partial charge is 0.383 e. The number of rotatable bonds is 9. The number of carbonyl (C=O) groups is 1. The molecule has 5 nitrogen and oxygen atoms in total. The summed E-state index contributed by atoms with van der Waals surface area (Å²) in [4.78, 5) is 29.6. The van der Waals surface area contributed by atoms with Crippen molar-refractivity contribution in [1.29, 1.82) is 0 Å². The number of fused-ring (bicyclic) bond motifs is 1. The average Bonchev–Trinajstić information content (AvgIpc) is 2.71. The van der Waals surface area contributed by atoms with Gasteiger partial charge in [0.2, 0.25) is 0 Å². The fourth-order valence-corrected chi connectivity index (χ4v) is 3.97. The van der Waals surface area contributed by atoms with Gasteiger partial charge in [-0.1, -0.05) is 23.4 Å². The molecule has 3 rings (SSSR count). The minimum absolute atomic E-state index is 0.0411. The number of halogens is 2. The van der Waals surface area contributed by atoms with Crippen LogP contribution in [0.2, 0.25) is 5.02 Å². The molecule has 152 valence electrons. The van der Waals surface area contributed by atoms with E-state index in [2.05, 4.69) is 4.98 Å². The first kappa shape index (κ1) is 21.5. The number of methoxy groups -OCH3 is 1. The Kier molecular flexibility index (Phi) is 7.41. The lowest BCUT2D eigenvalue weighted by molar-refractivity contribution is 0.0982. The molecule has 29 heavy (non-hydrogen) atoms. The molecule has 0 saturated carbocycles. The number of thioether (sulfide) groups is 1. The van der Waals surface area contributed by atoms with E-state index < -0.39 is 0 Å².